The van der Waals surface area contributed by atoms with Crippen LogP contribution in [0.5, 0.6) is 0 Å². The first-order chi connectivity index (χ1) is 18.4. The summed E-state index contributed by atoms with van der Waals surface area (Å²) >= 11 is 6.77. The molecule has 0 aliphatic carbocycles. The van der Waals surface area contributed by atoms with Gasteiger partial charge < -0.3 is 24.3 Å². The van der Waals surface area contributed by atoms with Crippen molar-refractivity contribution in [1.29, 1.82) is 0 Å². The lowest BCUT2D eigenvalue weighted by molar-refractivity contribution is -0.129. The molecular weight excluding hydrogens is 502 g/mol. The molecule has 1 aromatic heterocycles. The molecule has 0 N–H and O–H groups in total. The summed E-state index contributed by atoms with van der Waals surface area (Å²) in [7, 11) is 5.79. The monoisotopic (exact) mass is 541 g/mol. The maximum atomic E-state index is 12.7. The normalized spacial score (nSPS) is 20.6. The molecule has 1 unspecified atom stereocenters. The first kappa shape index (κ1) is 27.1. The predicted octanol–water partition coefficient (Wildman–Crippen LogP) is 2.48. The van der Waals surface area contributed by atoms with Crippen molar-refractivity contribution in [3.63, 3.8) is 0 Å². The van der Waals surface area contributed by atoms with E-state index in [1.54, 1.807) is 4.90 Å². The first-order valence-corrected chi connectivity index (χ1v) is 14.1. The molecule has 38 heavy (non-hydrogen) atoms. The van der Waals surface area contributed by atoms with Gasteiger partial charge in [0.25, 0.3) is 0 Å². The lowest BCUT2D eigenvalue weighted by Crippen LogP contribution is -2.44. The van der Waals surface area contributed by atoms with Gasteiger partial charge in [-0.2, -0.15) is 0 Å². The topological polar surface area (TPSA) is 68.3 Å². The van der Waals surface area contributed by atoms with Crippen LogP contribution in [0.1, 0.15) is 18.4 Å². The Kier molecular flexibility index (Phi) is 8.67. The summed E-state index contributed by atoms with van der Waals surface area (Å²) in [5.41, 5.74) is 3.13. The van der Waals surface area contributed by atoms with Crippen LogP contribution in [-0.2, 0) is 16.0 Å². The number of morpholine rings is 1. The van der Waals surface area contributed by atoms with Gasteiger partial charge in [0.2, 0.25) is 5.91 Å². The zero-order valence-corrected chi connectivity index (χ0v) is 23.7. The molecular formula is C28H40ClN7O2. The molecule has 3 aliphatic heterocycles. The maximum Gasteiger partial charge on any atom is 0.224 e. The minimum atomic E-state index is 0.0336. The van der Waals surface area contributed by atoms with Crippen LogP contribution in [0.25, 0.3) is 11.4 Å². The number of halogens is 1. The van der Waals surface area contributed by atoms with Gasteiger partial charge in [-0.15, -0.1) is 0 Å². The molecule has 2 fully saturated rings. The summed E-state index contributed by atoms with van der Waals surface area (Å²) in [6, 6.07) is 8.53. The molecule has 1 amide bonds. The average Bonchev–Trinajstić information content (AvgIpc) is 3.27. The van der Waals surface area contributed by atoms with Crippen molar-refractivity contribution < 1.29 is 9.53 Å². The third-order valence-corrected chi connectivity index (χ3v) is 8.28. The molecule has 0 spiro atoms. The van der Waals surface area contributed by atoms with E-state index < -0.39 is 0 Å². The number of aromatic nitrogens is 2. The van der Waals surface area contributed by atoms with Gasteiger partial charge in [0.1, 0.15) is 11.0 Å². The molecule has 4 heterocycles. The molecule has 5 rings (SSSR count). The second kappa shape index (κ2) is 12.2. The Labute approximate surface area is 231 Å². The van der Waals surface area contributed by atoms with E-state index in [1.807, 2.05) is 14.1 Å². The van der Waals surface area contributed by atoms with Crippen molar-refractivity contribution in [2.45, 2.75) is 25.3 Å². The molecule has 1 atom stereocenters. The molecule has 2 saturated heterocycles. The summed E-state index contributed by atoms with van der Waals surface area (Å²) in [6.45, 7) is 9.58. The highest BCUT2D eigenvalue weighted by molar-refractivity contribution is 6.30. The third kappa shape index (κ3) is 6.22. The number of piperazine rings is 1. The summed E-state index contributed by atoms with van der Waals surface area (Å²) in [5, 5.41) is 0.492. The van der Waals surface area contributed by atoms with E-state index in [0.29, 0.717) is 23.8 Å². The SMILES string of the molecule is CN1CCN(c2ccc(-c3nc(Cl)c4c(n3)N(CCCN3CCOCC3)C(CC(=O)N(C)C)C4)cc2)CC1. The van der Waals surface area contributed by atoms with Crippen molar-refractivity contribution in [1.82, 2.24) is 24.7 Å². The fourth-order valence-corrected chi connectivity index (χ4v) is 5.78. The Hall–Kier alpha value is -2.46. The van der Waals surface area contributed by atoms with Crippen molar-refractivity contribution in [3.05, 3.63) is 35.0 Å². The van der Waals surface area contributed by atoms with Crippen LogP contribution in [0.4, 0.5) is 11.5 Å². The van der Waals surface area contributed by atoms with E-state index in [1.165, 1.54) is 5.69 Å². The van der Waals surface area contributed by atoms with Gasteiger partial charge in [-0.1, -0.05) is 11.6 Å². The minimum Gasteiger partial charge on any atom is -0.379 e. The number of benzene rings is 1. The summed E-state index contributed by atoms with van der Waals surface area (Å²) in [4.78, 5) is 33.6. The van der Waals surface area contributed by atoms with Gasteiger partial charge in [0.15, 0.2) is 5.82 Å². The number of hydrogen-bond acceptors (Lipinski definition) is 8. The van der Waals surface area contributed by atoms with Crippen molar-refractivity contribution in [2.75, 3.05) is 96.5 Å². The predicted molar refractivity (Wildman–Crippen MR) is 152 cm³/mol. The molecule has 3 aliphatic rings. The molecule has 2 aromatic rings. The molecule has 0 saturated carbocycles. The van der Waals surface area contributed by atoms with Gasteiger partial charge >= 0.3 is 0 Å². The van der Waals surface area contributed by atoms with Crippen LogP contribution in [0.15, 0.2) is 24.3 Å². The van der Waals surface area contributed by atoms with Gasteiger partial charge in [-0.25, -0.2) is 9.97 Å². The molecule has 1 aromatic carbocycles. The molecule has 9 nitrogen and oxygen atoms in total. The highest BCUT2D eigenvalue weighted by atomic mass is 35.5. The minimum absolute atomic E-state index is 0.0336. The van der Waals surface area contributed by atoms with Crippen LogP contribution in [0, 0.1) is 0 Å². The van der Waals surface area contributed by atoms with Gasteiger partial charge in [0, 0.05) is 95.7 Å². The fourth-order valence-electron chi connectivity index (χ4n) is 5.54. The average molecular weight is 542 g/mol. The largest absolute Gasteiger partial charge is 0.379 e. The molecule has 206 valence electrons. The lowest BCUT2D eigenvalue weighted by atomic mass is 10.1. The third-order valence-electron chi connectivity index (χ3n) is 7.97. The Bertz CT molecular complexity index is 1100. The fraction of sp³-hybridized carbons (Fsp3) is 0.607. The number of likely N-dealkylation sites (N-methyl/N-ethyl adjacent to an activating group) is 1. The molecule has 0 radical (unpaired) electrons. The van der Waals surface area contributed by atoms with Crippen molar-refractivity contribution in [3.8, 4) is 11.4 Å². The lowest BCUT2D eigenvalue weighted by Gasteiger charge is -2.34. The van der Waals surface area contributed by atoms with Gasteiger partial charge in [0.05, 0.1) is 13.2 Å². The maximum absolute atomic E-state index is 12.7. The van der Waals surface area contributed by atoms with Crippen molar-refractivity contribution >= 4 is 29.0 Å². The van der Waals surface area contributed by atoms with Crippen LogP contribution < -0.4 is 9.80 Å². The first-order valence-electron chi connectivity index (χ1n) is 13.8. The zero-order valence-electron chi connectivity index (χ0n) is 22.9. The number of hydrogen-bond donors (Lipinski definition) is 0. The van der Waals surface area contributed by atoms with Gasteiger partial charge in [-0.3, -0.25) is 9.69 Å². The second-order valence-corrected chi connectivity index (χ2v) is 11.2. The number of ether oxygens (including phenoxy) is 1. The second-order valence-electron chi connectivity index (χ2n) is 10.8. The number of fused-ring (bicyclic) bond motifs is 1. The van der Waals surface area contributed by atoms with E-state index in [2.05, 4.69) is 50.9 Å². The van der Waals surface area contributed by atoms with E-state index in [4.69, 9.17) is 26.3 Å². The number of anilines is 2. The smallest absolute Gasteiger partial charge is 0.224 e. The van der Waals surface area contributed by atoms with E-state index in [9.17, 15) is 4.79 Å². The number of carbonyl (C=O) groups is 1. The van der Waals surface area contributed by atoms with Crippen LogP contribution in [0.3, 0.4) is 0 Å². The Balaban J connectivity index is 1.35. The highest BCUT2D eigenvalue weighted by Crippen LogP contribution is 2.38. The number of nitrogens with zero attached hydrogens (tertiary/aromatic N) is 7. The Morgan fingerprint density at radius 1 is 1.03 bits per heavy atom. The molecule has 10 heteroatoms. The number of carbonyl (C=O) groups excluding carboxylic acids is 1. The summed E-state index contributed by atoms with van der Waals surface area (Å²) < 4.78 is 5.49. The molecule has 0 bridgehead atoms. The van der Waals surface area contributed by atoms with Crippen LogP contribution >= 0.6 is 11.6 Å². The summed E-state index contributed by atoms with van der Waals surface area (Å²) in [6.07, 6.45) is 2.11. The van der Waals surface area contributed by atoms with Gasteiger partial charge in [-0.05, 0) is 44.2 Å². The van der Waals surface area contributed by atoms with E-state index in [-0.39, 0.29) is 11.9 Å². The standard InChI is InChI=1S/C28H40ClN7O2/c1-32(2)25(37)20-23-19-24-26(29)30-27(21-5-7-22(8-6-21)35-13-11-33(3)12-14-35)31-28(24)36(23)10-4-9-34-15-17-38-18-16-34/h5-8,23H,4,9-20H2,1-3H3. The summed E-state index contributed by atoms with van der Waals surface area (Å²) in [5.74, 6) is 1.63. The highest BCUT2D eigenvalue weighted by Gasteiger charge is 2.35. The van der Waals surface area contributed by atoms with E-state index in [0.717, 1.165) is 88.9 Å². The van der Waals surface area contributed by atoms with E-state index >= 15 is 0 Å². The Morgan fingerprint density at radius 3 is 2.42 bits per heavy atom. The van der Waals surface area contributed by atoms with Crippen molar-refractivity contribution in [2.24, 2.45) is 0 Å². The quantitative estimate of drug-likeness (QED) is 0.472. The zero-order chi connectivity index (χ0) is 26.6. The van der Waals surface area contributed by atoms with Crippen LogP contribution in [0.2, 0.25) is 5.15 Å². The Morgan fingerprint density at radius 2 is 1.74 bits per heavy atom. The number of rotatable bonds is 8. The number of amides is 1. The van der Waals surface area contributed by atoms with Crippen LogP contribution in [-0.4, -0.2) is 123 Å².